The summed E-state index contributed by atoms with van der Waals surface area (Å²) in [6, 6.07) is 5.91. The molecule has 0 aliphatic heterocycles. The first kappa shape index (κ1) is 10.9. The lowest BCUT2D eigenvalue weighted by molar-refractivity contribution is 0.0808. The minimum absolute atomic E-state index is 0.0206. The Balaban J connectivity index is 3.02. The molecule has 2 N–H and O–H groups in total. The van der Waals surface area contributed by atoms with E-state index in [2.05, 4.69) is 0 Å². The Morgan fingerprint density at radius 3 is 2.80 bits per heavy atom. The van der Waals surface area contributed by atoms with E-state index in [-0.39, 0.29) is 17.9 Å². The molecule has 0 atom stereocenters. The normalized spacial score (nSPS) is 9.33. The average molecular weight is 206 g/mol. The first-order chi connectivity index (χ1) is 7.07. The van der Waals surface area contributed by atoms with E-state index < -0.39 is 11.7 Å². The molecule has 1 aromatic rings. The second-order valence-electron chi connectivity index (χ2n) is 2.99. The van der Waals surface area contributed by atoms with Crippen molar-refractivity contribution in [1.82, 2.24) is 4.90 Å². The molecule has 78 valence electrons. The highest BCUT2D eigenvalue weighted by molar-refractivity contribution is 5.97. The zero-order valence-electron chi connectivity index (χ0n) is 8.14. The Morgan fingerprint density at radius 2 is 2.20 bits per heavy atom. The number of phenols is 2. The van der Waals surface area contributed by atoms with Gasteiger partial charge in [-0.2, -0.15) is 5.26 Å². The van der Waals surface area contributed by atoms with Crippen molar-refractivity contribution < 1.29 is 15.0 Å². The quantitative estimate of drug-likeness (QED) is 0.550. The molecule has 0 heterocycles. The lowest BCUT2D eigenvalue weighted by Gasteiger charge is -2.13. The van der Waals surface area contributed by atoms with Gasteiger partial charge in [0.25, 0.3) is 5.91 Å². The molecule has 0 saturated heterocycles. The Kier molecular flexibility index (Phi) is 3.13. The summed E-state index contributed by atoms with van der Waals surface area (Å²) in [7, 11) is 1.44. The van der Waals surface area contributed by atoms with Crippen molar-refractivity contribution >= 4 is 5.91 Å². The summed E-state index contributed by atoms with van der Waals surface area (Å²) in [5.74, 6) is -1.33. The van der Waals surface area contributed by atoms with E-state index in [0.29, 0.717) is 0 Å². The number of rotatable bonds is 2. The van der Waals surface area contributed by atoms with Gasteiger partial charge in [-0.15, -0.1) is 0 Å². The highest BCUT2D eigenvalue weighted by Crippen LogP contribution is 2.28. The molecule has 0 aromatic heterocycles. The Morgan fingerprint density at radius 1 is 1.53 bits per heavy atom. The number of para-hydroxylation sites is 1. The van der Waals surface area contributed by atoms with Gasteiger partial charge in [-0.25, -0.2) is 0 Å². The van der Waals surface area contributed by atoms with Crippen molar-refractivity contribution in [2.75, 3.05) is 13.6 Å². The zero-order valence-corrected chi connectivity index (χ0v) is 8.14. The smallest absolute Gasteiger partial charge is 0.258 e. The Labute approximate surface area is 86.8 Å². The Bertz CT molecular complexity index is 423. The van der Waals surface area contributed by atoms with Crippen LogP contribution < -0.4 is 0 Å². The van der Waals surface area contributed by atoms with Gasteiger partial charge >= 0.3 is 0 Å². The monoisotopic (exact) mass is 206 g/mol. The van der Waals surface area contributed by atoms with E-state index in [4.69, 9.17) is 5.26 Å². The van der Waals surface area contributed by atoms with E-state index in [1.165, 1.54) is 25.2 Å². The summed E-state index contributed by atoms with van der Waals surface area (Å²) >= 11 is 0. The molecule has 5 heteroatoms. The largest absolute Gasteiger partial charge is 0.504 e. The number of benzene rings is 1. The fourth-order valence-electron chi connectivity index (χ4n) is 1.09. The van der Waals surface area contributed by atoms with Crippen LogP contribution in [0.4, 0.5) is 0 Å². The maximum Gasteiger partial charge on any atom is 0.258 e. The van der Waals surface area contributed by atoms with Gasteiger partial charge < -0.3 is 15.1 Å². The van der Waals surface area contributed by atoms with Crippen molar-refractivity contribution in [3.05, 3.63) is 23.8 Å². The average Bonchev–Trinajstić information content (AvgIpc) is 2.21. The van der Waals surface area contributed by atoms with Gasteiger partial charge in [0.1, 0.15) is 6.54 Å². The number of carbonyl (C=O) groups excluding carboxylic acids is 1. The van der Waals surface area contributed by atoms with Gasteiger partial charge in [0, 0.05) is 7.05 Å². The van der Waals surface area contributed by atoms with Gasteiger partial charge in [-0.1, -0.05) is 6.07 Å². The minimum Gasteiger partial charge on any atom is -0.504 e. The van der Waals surface area contributed by atoms with Gasteiger partial charge in [0.15, 0.2) is 11.5 Å². The summed E-state index contributed by atoms with van der Waals surface area (Å²) in [5, 5.41) is 27.0. The molecule has 0 aliphatic carbocycles. The van der Waals surface area contributed by atoms with Crippen molar-refractivity contribution in [2.45, 2.75) is 0 Å². The highest BCUT2D eigenvalue weighted by atomic mass is 16.3. The molecular formula is C10H10N2O3. The van der Waals surface area contributed by atoms with Crippen LogP contribution in [0.2, 0.25) is 0 Å². The molecule has 0 fully saturated rings. The lowest BCUT2D eigenvalue weighted by atomic mass is 10.1. The molecule has 0 bridgehead atoms. The van der Waals surface area contributed by atoms with E-state index in [9.17, 15) is 15.0 Å². The van der Waals surface area contributed by atoms with Crippen LogP contribution >= 0.6 is 0 Å². The molecule has 1 amide bonds. The molecule has 5 nitrogen and oxygen atoms in total. The Hall–Kier alpha value is -2.22. The van der Waals surface area contributed by atoms with E-state index >= 15 is 0 Å². The number of aromatic hydroxyl groups is 2. The van der Waals surface area contributed by atoms with Crippen molar-refractivity contribution in [3.63, 3.8) is 0 Å². The van der Waals surface area contributed by atoms with Crippen LogP contribution in [0.15, 0.2) is 18.2 Å². The maximum absolute atomic E-state index is 11.6. The zero-order chi connectivity index (χ0) is 11.4. The fraction of sp³-hybridized carbons (Fsp3) is 0.200. The van der Waals surface area contributed by atoms with Crippen LogP contribution in [0.3, 0.4) is 0 Å². The maximum atomic E-state index is 11.6. The van der Waals surface area contributed by atoms with E-state index in [1.807, 2.05) is 6.07 Å². The molecule has 0 aliphatic rings. The highest BCUT2D eigenvalue weighted by Gasteiger charge is 2.17. The van der Waals surface area contributed by atoms with Crippen LogP contribution in [0, 0.1) is 11.3 Å². The fourth-order valence-corrected chi connectivity index (χ4v) is 1.09. The van der Waals surface area contributed by atoms with Crippen LogP contribution in [0.5, 0.6) is 11.5 Å². The molecule has 0 unspecified atom stereocenters. The molecule has 1 rings (SSSR count). The predicted octanol–water partition coefficient (Wildman–Crippen LogP) is 0.693. The summed E-state index contributed by atoms with van der Waals surface area (Å²) < 4.78 is 0. The molecule has 0 saturated carbocycles. The third-order valence-corrected chi connectivity index (χ3v) is 1.90. The minimum atomic E-state index is -0.509. The van der Waals surface area contributed by atoms with Crippen LogP contribution in [0.1, 0.15) is 10.4 Å². The molecule has 15 heavy (non-hydrogen) atoms. The molecule has 0 radical (unpaired) electrons. The van der Waals surface area contributed by atoms with Crippen molar-refractivity contribution in [3.8, 4) is 17.6 Å². The molecular weight excluding hydrogens is 196 g/mol. The van der Waals surface area contributed by atoms with Gasteiger partial charge in [-0.3, -0.25) is 4.79 Å². The first-order valence-corrected chi connectivity index (χ1v) is 4.21. The predicted molar refractivity (Wildman–Crippen MR) is 52.3 cm³/mol. The first-order valence-electron chi connectivity index (χ1n) is 4.21. The van der Waals surface area contributed by atoms with Crippen LogP contribution in [-0.2, 0) is 0 Å². The van der Waals surface area contributed by atoms with Gasteiger partial charge in [0.05, 0.1) is 11.6 Å². The number of carbonyl (C=O) groups is 1. The number of hydrogen-bond donors (Lipinski definition) is 2. The third kappa shape index (κ3) is 2.17. The van der Waals surface area contributed by atoms with E-state index in [0.717, 1.165) is 4.90 Å². The topological polar surface area (TPSA) is 84.6 Å². The SMILES string of the molecule is CN(CC#N)C(=O)c1cccc(O)c1O. The summed E-state index contributed by atoms with van der Waals surface area (Å²) in [6.07, 6.45) is 0. The van der Waals surface area contributed by atoms with Crippen molar-refractivity contribution in [2.24, 2.45) is 0 Å². The number of hydrogen-bond acceptors (Lipinski definition) is 4. The van der Waals surface area contributed by atoms with Crippen LogP contribution in [-0.4, -0.2) is 34.6 Å². The summed E-state index contributed by atoms with van der Waals surface area (Å²) in [6.45, 7) is -0.0755. The van der Waals surface area contributed by atoms with Crippen LogP contribution in [0.25, 0.3) is 0 Å². The number of nitriles is 1. The third-order valence-electron chi connectivity index (χ3n) is 1.90. The second-order valence-corrected chi connectivity index (χ2v) is 2.99. The number of amides is 1. The molecule has 0 spiro atoms. The summed E-state index contributed by atoms with van der Waals surface area (Å²) in [5.41, 5.74) is -0.0206. The van der Waals surface area contributed by atoms with Gasteiger partial charge in [0.2, 0.25) is 0 Å². The lowest BCUT2D eigenvalue weighted by Crippen LogP contribution is -2.26. The number of phenolic OH excluding ortho intramolecular Hbond substituents is 2. The number of nitrogens with zero attached hydrogens (tertiary/aromatic N) is 2. The summed E-state index contributed by atoms with van der Waals surface area (Å²) in [4.78, 5) is 12.8. The van der Waals surface area contributed by atoms with E-state index in [1.54, 1.807) is 0 Å². The second kappa shape index (κ2) is 4.33. The van der Waals surface area contributed by atoms with Gasteiger partial charge in [-0.05, 0) is 12.1 Å². The standard InChI is InChI=1S/C10H10N2O3/c1-12(6-5-11)10(15)7-3-2-4-8(13)9(7)14/h2-4,13-14H,6H2,1H3. The molecule has 1 aromatic carbocycles. The van der Waals surface area contributed by atoms with Crippen molar-refractivity contribution in [1.29, 1.82) is 5.26 Å².